The first-order valence-corrected chi connectivity index (χ1v) is 11.8. The van der Waals surface area contributed by atoms with Gasteiger partial charge in [-0.05, 0) is 40.3 Å². The zero-order valence-corrected chi connectivity index (χ0v) is 16.0. The molecule has 0 fully saturated rings. The molecule has 0 spiro atoms. The Morgan fingerprint density at radius 2 is 1.58 bits per heavy atom. The van der Waals surface area contributed by atoms with Crippen LogP contribution in [0, 0.1) is 23.3 Å². The molecule has 0 aliphatic carbocycles. The van der Waals surface area contributed by atoms with Crippen molar-refractivity contribution in [2.45, 2.75) is 19.6 Å². The van der Waals surface area contributed by atoms with Crippen LogP contribution in [0.4, 0.5) is 0 Å². The van der Waals surface area contributed by atoms with E-state index < -0.39 is 13.7 Å². The molecular weight excluding hydrogens is 340 g/mol. The van der Waals surface area contributed by atoms with E-state index in [1.165, 1.54) is 10.9 Å². The van der Waals surface area contributed by atoms with Crippen molar-refractivity contribution < 1.29 is 9.20 Å². The maximum absolute atomic E-state index is 11.2. The normalized spacial score (nSPS) is 10.4. The van der Waals surface area contributed by atoms with Gasteiger partial charge >= 0.3 is 5.63 Å². The number of hydrogen-bond donors (Lipinski definition) is 1. The highest BCUT2D eigenvalue weighted by Crippen LogP contribution is 2.08. The molecule has 0 saturated heterocycles. The summed E-state index contributed by atoms with van der Waals surface area (Å²) in [6, 6.07) is 15.5. The van der Waals surface area contributed by atoms with E-state index in [-0.39, 0.29) is 0 Å². The van der Waals surface area contributed by atoms with Crippen molar-refractivity contribution in [1.29, 1.82) is 0 Å². The van der Waals surface area contributed by atoms with Gasteiger partial charge < -0.3 is 0 Å². The van der Waals surface area contributed by atoms with E-state index in [4.69, 9.17) is 4.52 Å². The van der Waals surface area contributed by atoms with Crippen molar-refractivity contribution in [2.24, 2.45) is 0 Å². The Morgan fingerprint density at radius 3 is 2.19 bits per heavy atom. The quantitative estimate of drug-likeness (QED) is 0.413. The summed E-state index contributed by atoms with van der Waals surface area (Å²) in [4.78, 5) is 11.2. The highest BCUT2D eigenvalue weighted by atomic mass is 28.3. The minimum atomic E-state index is -1.37. The summed E-state index contributed by atoms with van der Waals surface area (Å²) in [6.45, 7) is 6.67. The standard InChI is InChI=1S/C21H18N2O2Si/c1-26(2,3)15-14-18-10-8-17(9-11-18)12-13-19-6-4-5-7-20(19)23-16-21(24)25-22-23/h4-11,16H,1-3H3/p+1. The van der Waals surface area contributed by atoms with Gasteiger partial charge in [0.15, 0.2) is 0 Å². The summed E-state index contributed by atoms with van der Waals surface area (Å²) in [5.74, 6) is 9.54. The van der Waals surface area contributed by atoms with E-state index in [0.29, 0.717) is 0 Å². The molecule has 0 saturated carbocycles. The Labute approximate surface area is 153 Å². The highest BCUT2D eigenvalue weighted by Gasteiger charge is 2.14. The SMILES string of the molecule is C[Si](C)(C)C#Cc1ccc(C#Cc2ccccc2-[n+]2cc(=O)o[nH]2)cc1. The molecule has 0 atom stereocenters. The van der Waals surface area contributed by atoms with Crippen LogP contribution in [0.1, 0.15) is 16.7 Å². The summed E-state index contributed by atoms with van der Waals surface area (Å²) in [6.07, 6.45) is 1.34. The van der Waals surface area contributed by atoms with E-state index in [1.807, 2.05) is 48.5 Å². The van der Waals surface area contributed by atoms with E-state index in [2.05, 4.69) is 48.2 Å². The monoisotopic (exact) mass is 359 g/mol. The molecule has 0 aliphatic rings. The van der Waals surface area contributed by atoms with Crippen molar-refractivity contribution >= 4 is 8.07 Å². The van der Waals surface area contributed by atoms with Gasteiger partial charge in [0.05, 0.1) is 5.56 Å². The molecule has 0 amide bonds. The number of H-pyrrole nitrogens is 1. The van der Waals surface area contributed by atoms with Crippen LogP contribution < -0.4 is 10.3 Å². The van der Waals surface area contributed by atoms with Gasteiger partial charge in [0.25, 0.3) is 11.9 Å². The van der Waals surface area contributed by atoms with Crippen LogP contribution >= 0.6 is 0 Å². The molecule has 1 heterocycles. The number of rotatable bonds is 1. The lowest BCUT2D eigenvalue weighted by molar-refractivity contribution is -0.670. The van der Waals surface area contributed by atoms with Crippen molar-refractivity contribution in [3.05, 3.63) is 81.8 Å². The molecule has 3 rings (SSSR count). The lowest BCUT2D eigenvalue weighted by Crippen LogP contribution is -2.33. The van der Waals surface area contributed by atoms with Gasteiger partial charge in [-0.3, -0.25) is 4.52 Å². The minimum Gasteiger partial charge on any atom is -0.283 e. The molecule has 5 heteroatoms. The lowest BCUT2D eigenvalue weighted by atomic mass is 10.1. The van der Waals surface area contributed by atoms with E-state index in [1.54, 1.807) is 0 Å². The van der Waals surface area contributed by atoms with Crippen LogP contribution in [0.15, 0.2) is 64.0 Å². The zero-order valence-electron chi connectivity index (χ0n) is 15.0. The molecule has 1 N–H and O–H groups in total. The zero-order chi connectivity index (χ0) is 18.6. The molecule has 0 bridgehead atoms. The molecule has 0 radical (unpaired) electrons. The first kappa shape index (κ1) is 17.5. The van der Waals surface area contributed by atoms with E-state index in [0.717, 1.165) is 22.4 Å². The summed E-state index contributed by atoms with van der Waals surface area (Å²) in [7, 11) is -1.37. The second-order valence-corrected chi connectivity index (χ2v) is 11.6. The predicted octanol–water partition coefficient (Wildman–Crippen LogP) is 2.87. The molecule has 4 nitrogen and oxygen atoms in total. The summed E-state index contributed by atoms with van der Waals surface area (Å²) >= 11 is 0. The summed E-state index contributed by atoms with van der Waals surface area (Å²) in [5, 5.41) is 2.54. The fourth-order valence-corrected chi connectivity index (χ4v) is 2.72. The van der Waals surface area contributed by atoms with Gasteiger partial charge in [0.1, 0.15) is 8.07 Å². The first-order valence-electron chi connectivity index (χ1n) is 8.26. The third-order valence-corrected chi connectivity index (χ3v) is 4.33. The lowest BCUT2D eigenvalue weighted by Gasteiger charge is -2.03. The topological polar surface area (TPSA) is 49.9 Å². The van der Waals surface area contributed by atoms with Crippen molar-refractivity contribution in [3.63, 3.8) is 0 Å². The second kappa shape index (κ2) is 7.31. The summed E-state index contributed by atoms with van der Waals surface area (Å²) in [5.41, 5.74) is 6.37. The van der Waals surface area contributed by atoms with Gasteiger partial charge in [-0.1, -0.05) is 49.5 Å². The number of aromatic nitrogens is 2. The second-order valence-electron chi connectivity index (χ2n) is 6.86. The van der Waals surface area contributed by atoms with Crippen LogP contribution in [0.2, 0.25) is 19.6 Å². The molecule has 2 aromatic carbocycles. The number of para-hydroxylation sites is 1. The third kappa shape index (κ3) is 4.63. The Morgan fingerprint density at radius 1 is 0.923 bits per heavy atom. The Hall–Kier alpha value is -3.28. The van der Waals surface area contributed by atoms with Crippen LogP contribution in [0.5, 0.6) is 0 Å². The smallest absolute Gasteiger partial charge is 0.283 e. The number of benzene rings is 2. The first-order chi connectivity index (χ1) is 12.4. The van der Waals surface area contributed by atoms with Crippen LogP contribution in [-0.4, -0.2) is 13.3 Å². The molecule has 1 aromatic heterocycles. The third-order valence-electron chi connectivity index (χ3n) is 3.45. The molecule has 0 aliphatic heterocycles. The van der Waals surface area contributed by atoms with Crippen molar-refractivity contribution in [2.75, 3.05) is 0 Å². The van der Waals surface area contributed by atoms with Gasteiger partial charge in [-0.2, -0.15) is 0 Å². The number of nitrogens with one attached hydrogen (secondary N) is 1. The van der Waals surface area contributed by atoms with E-state index in [9.17, 15) is 4.79 Å². The maximum atomic E-state index is 11.2. The summed E-state index contributed by atoms with van der Waals surface area (Å²) < 4.78 is 6.24. The minimum absolute atomic E-state index is 0.442. The molecule has 26 heavy (non-hydrogen) atoms. The average Bonchev–Trinajstić information content (AvgIpc) is 3.05. The fourth-order valence-electron chi connectivity index (χ4n) is 2.20. The Kier molecular flexibility index (Phi) is 4.93. The van der Waals surface area contributed by atoms with Crippen molar-refractivity contribution in [1.82, 2.24) is 5.27 Å². The number of aromatic amines is 1. The van der Waals surface area contributed by atoms with Crippen LogP contribution in [-0.2, 0) is 0 Å². The van der Waals surface area contributed by atoms with Crippen LogP contribution in [0.3, 0.4) is 0 Å². The fraction of sp³-hybridized carbons (Fsp3) is 0.143. The molecular formula is C21H19N2O2Si+. The van der Waals surface area contributed by atoms with Gasteiger partial charge in [0.2, 0.25) is 0 Å². The Bertz CT molecular complexity index is 1100. The Balaban J connectivity index is 1.86. The molecule has 0 unspecified atom stereocenters. The largest absolute Gasteiger partial charge is 0.427 e. The average molecular weight is 359 g/mol. The van der Waals surface area contributed by atoms with Gasteiger partial charge in [-0.25, -0.2) is 4.79 Å². The molecule has 128 valence electrons. The number of hydrogen-bond acceptors (Lipinski definition) is 2. The van der Waals surface area contributed by atoms with Gasteiger partial charge in [0, 0.05) is 17.2 Å². The van der Waals surface area contributed by atoms with Gasteiger partial charge in [-0.15, -0.1) is 5.54 Å². The maximum Gasteiger partial charge on any atom is 0.427 e. The number of nitrogens with zero attached hydrogens (tertiary/aromatic N) is 1. The predicted molar refractivity (Wildman–Crippen MR) is 104 cm³/mol. The molecule has 3 aromatic rings. The highest BCUT2D eigenvalue weighted by molar-refractivity contribution is 6.83. The van der Waals surface area contributed by atoms with Crippen LogP contribution in [0.25, 0.3) is 5.69 Å². The van der Waals surface area contributed by atoms with Crippen molar-refractivity contribution in [3.8, 4) is 29.0 Å². The van der Waals surface area contributed by atoms with E-state index >= 15 is 0 Å².